The molecule has 0 N–H and O–H groups in total. The second-order valence-corrected chi connectivity index (χ2v) is 21.7. The molecule has 3 aliphatic carbocycles. The molecule has 1 nitrogen and oxygen atoms in total. The summed E-state index contributed by atoms with van der Waals surface area (Å²) in [6.07, 6.45) is 0. The van der Waals surface area contributed by atoms with Crippen molar-refractivity contribution in [1.29, 1.82) is 0 Å². The molecule has 0 fully saturated rings. The minimum absolute atomic E-state index is 0.0786. The highest BCUT2D eigenvalue weighted by atomic mass is 15.1. The standard InChI is InChI=1S/C69H53N/c1-67(2)59-24-14-11-17-49(59)52-34-30-45(39-62(52)67)66-57-22-9-7-20-55(57)65(56-21-8-10-23-58(56)66)44-28-27-43-38-46(31-29-42(43)37-44)70(47-32-35-53-50-18-12-15-25-60(50)68(3,4)63(53)40-47)48-33-36-54-51-19-13-16-26-61(51)69(5,6)64(54)41-48/h7-41H,1-6H3. The SMILES string of the molecule is CC1(C)c2ccccc2-c2ccc(-c3c4ccccc4c(-c4ccc5cc(N(c6ccc7c(c6)C(C)(C)c6ccccc6-7)c6ccc7c(c6)C(C)(C)c6ccccc6-7)ccc5c4)c4ccccc34)cc21. The molecule has 0 unspecified atom stereocenters. The topological polar surface area (TPSA) is 3.24 Å². The number of nitrogens with zero attached hydrogens (tertiary/aromatic N) is 1. The highest BCUT2D eigenvalue weighted by Crippen LogP contribution is 2.55. The maximum Gasteiger partial charge on any atom is 0.0468 e. The zero-order valence-electron chi connectivity index (χ0n) is 40.7. The van der Waals surface area contributed by atoms with Gasteiger partial charge in [0.25, 0.3) is 0 Å². The van der Waals surface area contributed by atoms with E-state index in [1.54, 1.807) is 0 Å². The van der Waals surface area contributed by atoms with Crippen molar-refractivity contribution in [2.24, 2.45) is 0 Å². The van der Waals surface area contributed by atoms with Crippen molar-refractivity contribution < 1.29 is 0 Å². The number of hydrogen-bond acceptors (Lipinski definition) is 1. The fraction of sp³-hybridized carbons (Fsp3) is 0.130. The van der Waals surface area contributed by atoms with Gasteiger partial charge in [-0.15, -0.1) is 0 Å². The van der Waals surface area contributed by atoms with E-state index in [0.717, 1.165) is 5.69 Å². The van der Waals surface area contributed by atoms with Crippen LogP contribution < -0.4 is 4.90 Å². The minimum atomic E-state index is -0.119. The van der Waals surface area contributed by atoms with Crippen LogP contribution in [0, 0.1) is 0 Å². The van der Waals surface area contributed by atoms with Gasteiger partial charge in [0.15, 0.2) is 0 Å². The molecule has 0 saturated carbocycles. The molecule has 14 rings (SSSR count). The van der Waals surface area contributed by atoms with Gasteiger partial charge in [0.1, 0.15) is 0 Å². The van der Waals surface area contributed by atoms with Gasteiger partial charge in [-0.1, -0.05) is 205 Å². The molecule has 11 aromatic carbocycles. The molecule has 0 spiro atoms. The summed E-state index contributed by atoms with van der Waals surface area (Å²) in [5.41, 5.74) is 24.6. The van der Waals surface area contributed by atoms with Gasteiger partial charge in [-0.3, -0.25) is 0 Å². The van der Waals surface area contributed by atoms with E-state index in [9.17, 15) is 0 Å². The Bertz CT molecular complexity index is 3880. The van der Waals surface area contributed by atoms with Crippen molar-refractivity contribution >= 4 is 49.4 Å². The van der Waals surface area contributed by atoms with E-state index in [-0.39, 0.29) is 16.2 Å². The lowest BCUT2D eigenvalue weighted by molar-refractivity contribution is 0.660. The van der Waals surface area contributed by atoms with Crippen molar-refractivity contribution in [3.05, 3.63) is 246 Å². The van der Waals surface area contributed by atoms with Crippen LogP contribution in [0.3, 0.4) is 0 Å². The van der Waals surface area contributed by atoms with E-state index in [4.69, 9.17) is 0 Å². The number of anilines is 3. The van der Waals surface area contributed by atoms with Crippen LogP contribution in [0.25, 0.3) is 88.0 Å². The third-order valence-electron chi connectivity index (χ3n) is 16.8. The van der Waals surface area contributed by atoms with E-state index < -0.39 is 0 Å². The van der Waals surface area contributed by atoms with Crippen molar-refractivity contribution in [1.82, 2.24) is 0 Å². The monoisotopic (exact) mass is 895 g/mol. The van der Waals surface area contributed by atoms with E-state index in [1.807, 2.05) is 0 Å². The summed E-state index contributed by atoms with van der Waals surface area (Å²) in [6, 6.07) is 80.6. The Morgan fingerprint density at radius 3 is 1.04 bits per heavy atom. The molecule has 0 atom stereocenters. The average Bonchev–Trinajstić information content (AvgIpc) is 3.87. The van der Waals surface area contributed by atoms with E-state index in [1.165, 1.54) is 133 Å². The first kappa shape index (κ1) is 41.0. The molecule has 0 saturated heterocycles. The van der Waals surface area contributed by atoms with Crippen LogP contribution in [0.15, 0.2) is 212 Å². The van der Waals surface area contributed by atoms with Gasteiger partial charge in [0.05, 0.1) is 0 Å². The zero-order valence-corrected chi connectivity index (χ0v) is 40.7. The quantitative estimate of drug-likeness (QED) is 0.156. The van der Waals surface area contributed by atoms with Crippen LogP contribution in [0.5, 0.6) is 0 Å². The van der Waals surface area contributed by atoms with Crippen LogP contribution in [0.2, 0.25) is 0 Å². The Balaban J connectivity index is 0.913. The molecule has 0 heterocycles. The summed E-state index contributed by atoms with van der Waals surface area (Å²) in [5, 5.41) is 7.51. The Hall–Kier alpha value is -8.00. The largest absolute Gasteiger partial charge is 0.310 e. The summed E-state index contributed by atoms with van der Waals surface area (Å²) < 4.78 is 0. The number of rotatable bonds is 5. The molecule has 0 bridgehead atoms. The van der Waals surface area contributed by atoms with Crippen LogP contribution in [0.1, 0.15) is 74.9 Å². The third-order valence-corrected chi connectivity index (χ3v) is 16.8. The molecule has 11 aromatic rings. The molecule has 0 aliphatic heterocycles. The molecule has 0 radical (unpaired) electrons. The maximum atomic E-state index is 2.49. The number of benzene rings is 11. The highest BCUT2D eigenvalue weighted by molar-refractivity contribution is 6.22. The van der Waals surface area contributed by atoms with E-state index in [2.05, 4.69) is 259 Å². The van der Waals surface area contributed by atoms with Gasteiger partial charge in [-0.2, -0.15) is 0 Å². The first-order valence-electron chi connectivity index (χ1n) is 25.0. The fourth-order valence-electron chi connectivity index (χ4n) is 13.2. The molecule has 334 valence electrons. The normalized spacial score (nSPS) is 15.1. The second kappa shape index (κ2) is 14.5. The second-order valence-electron chi connectivity index (χ2n) is 21.7. The zero-order chi connectivity index (χ0) is 47.3. The Kier molecular flexibility index (Phi) is 8.50. The van der Waals surface area contributed by atoms with Gasteiger partial charge >= 0.3 is 0 Å². The predicted molar refractivity (Wildman–Crippen MR) is 297 cm³/mol. The van der Waals surface area contributed by atoms with Gasteiger partial charge in [-0.05, 0) is 170 Å². The number of hydrogen-bond donors (Lipinski definition) is 0. The molecule has 1 heteroatoms. The third kappa shape index (κ3) is 5.67. The molecule has 70 heavy (non-hydrogen) atoms. The van der Waals surface area contributed by atoms with Gasteiger partial charge in [0, 0.05) is 33.3 Å². The maximum absolute atomic E-state index is 2.49. The van der Waals surface area contributed by atoms with Gasteiger partial charge in [-0.25, -0.2) is 0 Å². The first-order valence-corrected chi connectivity index (χ1v) is 25.0. The molecule has 0 aromatic heterocycles. The lowest BCUT2D eigenvalue weighted by Crippen LogP contribution is -2.18. The van der Waals surface area contributed by atoms with Gasteiger partial charge in [0.2, 0.25) is 0 Å². The van der Waals surface area contributed by atoms with Crippen molar-refractivity contribution in [2.75, 3.05) is 4.90 Å². The van der Waals surface area contributed by atoms with Crippen LogP contribution in [-0.2, 0) is 16.2 Å². The smallest absolute Gasteiger partial charge is 0.0468 e. The lowest BCUT2D eigenvalue weighted by Gasteiger charge is -2.30. The average molecular weight is 896 g/mol. The summed E-state index contributed by atoms with van der Waals surface area (Å²) >= 11 is 0. The van der Waals surface area contributed by atoms with Crippen molar-refractivity contribution in [3.8, 4) is 55.6 Å². The van der Waals surface area contributed by atoms with E-state index in [0.29, 0.717) is 0 Å². The minimum Gasteiger partial charge on any atom is -0.310 e. The van der Waals surface area contributed by atoms with E-state index >= 15 is 0 Å². The summed E-state index contributed by atoms with van der Waals surface area (Å²) in [4.78, 5) is 2.49. The Labute approximate surface area is 411 Å². The van der Waals surface area contributed by atoms with Crippen LogP contribution >= 0.6 is 0 Å². The van der Waals surface area contributed by atoms with Crippen molar-refractivity contribution in [2.45, 2.75) is 57.8 Å². The lowest BCUT2D eigenvalue weighted by atomic mass is 9.80. The summed E-state index contributed by atoms with van der Waals surface area (Å²) in [6.45, 7) is 14.3. The Morgan fingerprint density at radius 2 is 0.571 bits per heavy atom. The number of fused-ring (bicyclic) bond motifs is 12. The van der Waals surface area contributed by atoms with Crippen molar-refractivity contribution in [3.63, 3.8) is 0 Å². The Morgan fingerprint density at radius 1 is 0.257 bits per heavy atom. The molecule has 0 amide bonds. The predicted octanol–water partition coefficient (Wildman–Crippen LogP) is 18.9. The molecule has 3 aliphatic rings. The molecular weight excluding hydrogens is 843 g/mol. The van der Waals surface area contributed by atoms with Crippen LogP contribution in [0.4, 0.5) is 17.1 Å². The highest BCUT2D eigenvalue weighted by Gasteiger charge is 2.39. The van der Waals surface area contributed by atoms with Gasteiger partial charge < -0.3 is 4.90 Å². The fourth-order valence-corrected chi connectivity index (χ4v) is 13.2. The van der Waals surface area contributed by atoms with Crippen LogP contribution in [-0.4, -0.2) is 0 Å². The first-order chi connectivity index (χ1) is 34.0. The summed E-state index contributed by atoms with van der Waals surface area (Å²) in [5.74, 6) is 0. The summed E-state index contributed by atoms with van der Waals surface area (Å²) in [7, 11) is 0. The molecular formula is C69H53N.